The standard InChI is InChI=1S/C12H14ClF2NO/c1-7(2)10(13)6-16-12(17)9-4-3-8(14)5-11(9)15/h3-5,7,10H,6H2,1-2H3,(H,16,17). The Hall–Kier alpha value is -1.16. The van der Waals surface area contributed by atoms with Crippen LogP contribution in [0.2, 0.25) is 0 Å². The summed E-state index contributed by atoms with van der Waals surface area (Å²) in [7, 11) is 0. The molecule has 0 aliphatic carbocycles. The smallest absolute Gasteiger partial charge is 0.254 e. The van der Waals surface area contributed by atoms with Gasteiger partial charge in [0, 0.05) is 12.6 Å². The monoisotopic (exact) mass is 261 g/mol. The highest BCUT2D eigenvalue weighted by molar-refractivity contribution is 6.21. The highest BCUT2D eigenvalue weighted by Crippen LogP contribution is 2.11. The van der Waals surface area contributed by atoms with E-state index in [1.807, 2.05) is 13.8 Å². The third-order valence-corrected chi connectivity index (χ3v) is 3.02. The first-order valence-electron chi connectivity index (χ1n) is 5.29. The lowest BCUT2D eigenvalue weighted by atomic mass is 10.1. The number of benzene rings is 1. The molecule has 0 aliphatic heterocycles. The number of rotatable bonds is 4. The third kappa shape index (κ3) is 3.97. The summed E-state index contributed by atoms with van der Waals surface area (Å²) in [5.74, 6) is -1.97. The molecule has 1 rings (SSSR count). The molecule has 1 aromatic carbocycles. The van der Waals surface area contributed by atoms with Crippen molar-refractivity contribution in [3.63, 3.8) is 0 Å². The van der Waals surface area contributed by atoms with E-state index < -0.39 is 17.5 Å². The maximum absolute atomic E-state index is 13.3. The number of alkyl halides is 1. The van der Waals surface area contributed by atoms with Gasteiger partial charge in [-0.3, -0.25) is 4.79 Å². The quantitative estimate of drug-likeness (QED) is 0.830. The lowest BCUT2D eigenvalue weighted by Gasteiger charge is -2.14. The average molecular weight is 262 g/mol. The highest BCUT2D eigenvalue weighted by atomic mass is 35.5. The van der Waals surface area contributed by atoms with Gasteiger partial charge in [0.05, 0.1) is 10.9 Å². The van der Waals surface area contributed by atoms with E-state index >= 15 is 0 Å². The largest absolute Gasteiger partial charge is 0.350 e. The Balaban J connectivity index is 2.64. The first kappa shape index (κ1) is 13.9. The van der Waals surface area contributed by atoms with Crippen molar-refractivity contribution >= 4 is 17.5 Å². The molecule has 17 heavy (non-hydrogen) atoms. The van der Waals surface area contributed by atoms with E-state index in [4.69, 9.17) is 11.6 Å². The Morgan fingerprint density at radius 3 is 2.59 bits per heavy atom. The minimum absolute atomic E-state index is 0.181. The molecule has 1 unspecified atom stereocenters. The summed E-state index contributed by atoms with van der Waals surface area (Å²) in [6, 6.07) is 2.83. The number of hydrogen-bond acceptors (Lipinski definition) is 1. The minimum atomic E-state index is -0.877. The van der Waals surface area contributed by atoms with Crippen molar-refractivity contribution in [3.05, 3.63) is 35.4 Å². The van der Waals surface area contributed by atoms with Gasteiger partial charge in [-0.15, -0.1) is 11.6 Å². The molecule has 1 amide bonds. The molecule has 5 heteroatoms. The van der Waals surface area contributed by atoms with Crippen LogP contribution in [0.1, 0.15) is 24.2 Å². The molecule has 1 N–H and O–H groups in total. The molecule has 0 fully saturated rings. The van der Waals surface area contributed by atoms with E-state index in [-0.39, 0.29) is 23.4 Å². The van der Waals surface area contributed by atoms with Crippen LogP contribution < -0.4 is 5.32 Å². The molecule has 0 saturated carbocycles. The van der Waals surface area contributed by atoms with E-state index in [1.54, 1.807) is 0 Å². The van der Waals surface area contributed by atoms with E-state index in [0.717, 1.165) is 12.1 Å². The van der Waals surface area contributed by atoms with Crippen LogP contribution in [0, 0.1) is 17.6 Å². The second-order valence-corrected chi connectivity index (χ2v) is 4.65. The summed E-state index contributed by atoms with van der Waals surface area (Å²) in [6.07, 6.45) is 0. The van der Waals surface area contributed by atoms with Crippen LogP contribution in [0.3, 0.4) is 0 Å². The van der Waals surface area contributed by atoms with Crippen LogP contribution in [-0.2, 0) is 0 Å². The lowest BCUT2D eigenvalue weighted by Crippen LogP contribution is -2.32. The molecule has 0 aliphatic rings. The van der Waals surface area contributed by atoms with Gasteiger partial charge in [-0.05, 0) is 18.1 Å². The molecule has 2 nitrogen and oxygen atoms in total. The zero-order valence-electron chi connectivity index (χ0n) is 9.64. The van der Waals surface area contributed by atoms with Gasteiger partial charge in [0.25, 0.3) is 5.91 Å². The summed E-state index contributed by atoms with van der Waals surface area (Å²) >= 11 is 5.94. The van der Waals surface area contributed by atoms with Crippen LogP contribution in [0.5, 0.6) is 0 Å². The Morgan fingerprint density at radius 2 is 2.06 bits per heavy atom. The van der Waals surface area contributed by atoms with Gasteiger partial charge in [-0.1, -0.05) is 13.8 Å². The Bertz CT molecular complexity index is 409. The molecule has 0 aromatic heterocycles. The maximum Gasteiger partial charge on any atom is 0.254 e. The van der Waals surface area contributed by atoms with Gasteiger partial charge in [0.15, 0.2) is 0 Å². The Morgan fingerprint density at radius 1 is 1.41 bits per heavy atom. The summed E-state index contributed by atoms with van der Waals surface area (Å²) in [5, 5.41) is 2.29. The fraction of sp³-hybridized carbons (Fsp3) is 0.417. The number of hydrogen-bond donors (Lipinski definition) is 1. The summed E-state index contributed by atoms with van der Waals surface area (Å²) in [5.41, 5.74) is -0.181. The van der Waals surface area contributed by atoms with Crippen molar-refractivity contribution in [3.8, 4) is 0 Å². The average Bonchev–Trinajstić information content (AvgIpc) is 2.25. The first-order chi connectivity index (χ1) is 7.91. The molecule has 0 saturated heterocycles. The zero-order chi connectivity index (χ0) is 13.0. The first-order valence-corrected chi connectivity index (χ1v) is 5.72. The van der Waals surface area contributed by atoms with Crippen molar-refractivity contribution in [2.75, 3.05) is 6.54 Å². The van der Waals surface area contributed by atoms with Crippen LogP contribution >= 0.6 is 11.6 Å². The van der Waals surface area contributed by atoms with Gasteiger partial charge < -0.3 is 5.32 Å². The van der Waals surface area contributed by atoms with Crippen LogP contribution in [0.4, 0.5) is 8.78 Å². The number of nitrogens with one attached hydrogen (secondary N) is 1. The molecule has 94 valence electrons. The summed E-state index contributed by atoms with van der Waals surface area (Å²) in [4.78, 5) is 11.6. The van der Waals surface area contributed by atoms with Crippen molar-refractivity contribution in [2.45, 2.75) is 19.2 Å². The normalized spacial score (nSPS) is 12.6. The number of carbonyl (C=O) groups is 1. The van der Waals surface area contributed by atoms with Crippen LogP contribution in [0.25, 0.3) is 0 Å². The van der Waals surface area contributed by atoms with Gasteiger partial charge >= 0.3 is 0 Å². The molecular weight excluding hydrogens is 248 g/mol. The number of carbonyl (C=O) groups excluding carboxylic acids is 1. The maximum atomic E-state index is 13.3. The van der Waals surface area contributed by atoms with Crippen molar-refractivity contribution < 1.29 is 13.6 Å². The topological polar surface area (TPSA) is 29.1 Å². The highest BCUT2D eigenvalue weighted by Gasteiger charge is 2.15. The fourth-order valence-corrected chi connectivity index (χ4v) is 1.27. The van der Waals surface area contributed by atoms with Crippen LogP contribution in [0.15, 0.2) is 18.2 Å². The summed E-state index contributed by atoms with van der Waals surface area (Å²) in [6.45, 7) is 4.08. The van der Waals surface area contributed by atoms with Gasteiger partial charge in [-0.2, -0.15) is 0 Å². The molecule has 0 bridgehead atoms. The second kappa shape index (κ2) is 5.96. The van der Waals surface area contributed by atoms with Crippen LogP contribution in [-0.4, -0.2) is 17.8 Å². The predicted octanol–water partition coefficient (Wildman–Crippen LogP) is 2.96. The van der Waals surface area contributed by atoms with Gasteiger partial charge in [0.1, 0.15) is 11.6 Å². The van der Waals surface area contributed by atoms with E-state index in [1.165, 1.54) is 0 Å². The number of amides is 1. The molecule has 0 spiro atoms. The zero-order valence-corrected chi connectivity index (χ0v) is 10.4. The number of halogens is 3. The Labute approximate surface area is 104 Å². The summed E-state index contributed by atoms with van der Waals surface area (Å²) < 4.78 is 25.9. The Kier molecular flexibility index (Phi) is 4.87. The van der Waals surface area contributed by atoms with Crippen molar-refractivity contribution in [1.82, 2.24) is 5.32 Å². The molecule has 1 atom stereocenters. The molecule has 0 radical (unpaired) electrons. The van der Waals surface area contributed by atoms with Gasteiger partial charge in [-0.25, -0.2) is 8.78 Å². The lowest BCUT2D eigenvalue weighted by molar-refractivity contribution is 0.0948. The molecular formula is C12H14ClF2NO. The second-order valence-electron chi connectivity index (χ2n) is 4.09. The third-order valence-electron chi connectivity index (χ3n) is 2.36. The predicted molar refractivity (Wildman–Crippen MR) is 63.2 cm³/mol. The molecule has 0 heterocycles. The van der Waals surface area contributed by atoms with Gasteiger partial charge in [0.2, 0.25) is 0 Å². The fourth-order valence-electron chi connectivity index (χ4n) is 1.19. The van der Waals surface area contributed by atoms with Crippen molar-refractivity contribution in [1.29, 1.82) is 0 Å². The minimum Gasteiger partial charge on any atom is -0.350 e. The van der Waals surface area contributed by atoms with E-state index in [0.29, 0.717) is 6.07 Å². The van der Waals surface area contributed by atoms with Crippen molar-refractivity contribution in [2.24, 2.45) is 5.92 Å². The SMILES string of the molecule is CC(C)C(Cl)CNC(=O)c1ccc(F)cc1F. The molecule has 1 aromatic rings. The van der Waals surface area contributed by atoms with E-state index in [9.17, 15) is 13.6 Å². The van der Waals surface area contributed by atoms with E-state index in [2.05, 4.69) is 5.32 Å².